The Morgan fingerprint density at radius 2 is 1.92 bits per heavy atom. The van der Waals surface area contributed by atoms with E-state index in [4.69, 9.17) is 9.47 Å². The third-order valence-corrected chi connectivity index (χ3v) is 9.52. The summed E-state index contributed by atoms with van der Waals surface area (Å²) in [6.07, 6.45) is 1.31. The summed E-state index contributed by atoms with van der Waals surface area (Å²) < 4.78 is 43.6. The monoisotopic (exact) mass is 561 g/mol. The number of carboxylic acids is 1. The Kier molecular flexibility index (Phi) is 8.72. The number of amides is 1. The van der Waals surface area contributed by atoms with Crippen LogP contribution in [0.2, 0.25) is 0 Å². The van der Waals surface area contributed by atoms with Crippen molar-refractivity contribution in [2.45, 2.75) is 44.6 Å². The first kappa shape index (κ1) is 27.6. The third kappa shape index (κ3) is 6.02. The van der Waals surface area contributed by atoms with Crippen LogP contribution in [0.1, 0.15) is 38.7 Å². The summed E-state index contributed by atoms with van der Waals surface area (Å²) in [7, 11) is -4.15. The summed E-state index contributed by atoms with van der Waals surface area (Å²) in [6.45, 7) is 4.52. The molecule has 12 heteroatoms. The standard InChI is InChI=1S/C26H31N3O7S2/c1-3-5-16-37-27-24-23(21(25(30)31)14-15-36-24)29(37)17-18-10-12-19(13-11-18)20-8-6-7-9-22(20)38(33,34)28-26(32)35-4-2/h6-13,21H,3-5,14-17H2,1-2H3,(H,28,32)(H,30,31). The van der Waals surface area contributed by atoms with Gasteiger partial charge in [-0.25, -0.2) is 17.9 Å². The van der Waals surface area contributed by atoms with E-state index in [1.54, 1.807) is 25.1 Å². The lowest BCUT2D eigenvalue weighted by Crippen LogP contribution is -2.40. The molecule has 2 aliphatic rings. The van der Waals surface area contributed by atoms with Crippen molar-refractivity contribution >= 4 is 33.4 Å². The van der Waals surface area contributed by atoms with Gasteiger partial charge in [0.15, 0.2) is 5.75 Å². The van der Waals surface area contributed by atoms with Crippen LogP contribution in [0, 0.1) is 5.92 Å². The SMILES string of the molecule is CCCC[S+]1NC2=C(C(C(=O)[O-])CCO2)N1Cc1ccc(-c2ccccc2S(=O)(=O)NC(=O)OCC)cc1. The molecule has 0 aromatic heterocycles. The van der Waals surface area contributed by atoms with Crippen LogP contribution in [-0.4, -0.2) is 43.8 Å². The first-order valence-corrected chi connectivity index (χ1v) is 15.3. The van der Waals surface area contributed by atoms with Gasteiger partial charge in [0.25, 0.3) is 15.9 Å². The minimum Gasteiger partial charge on any atom is -0.549 e. The fraction of sp³-hybridized carbons (Fsp3) is 0.385. The molecule has 0 radical (unpaired) electrons. The molecular weight excluding hydrogens is 530 g/mol. The van der Waals surface area contributed by atoms with Crippen molar-refractivity contribution in [2.75, 3.05) is 19.0 Å². The number of carbonyl (C=O) groups excluding carboxylic acids is 2. The smallest absolute Gasteiger partial charge is 0.421 e. The van der Waals surface area contributed by atoms with Crippen LogP contribution in [0.15, 0.2) is 65.0 Å². The van der Waals surface area contributed by atoms with Crippen molar-refractivity contribution < 1.29 is 32.6 Å². The van der Waals surface area contributed by atoms with Crippen LogP contribution < -0.4 is 14.6 Å². The molecule has 0 fully saturated rings. The molecule has 204 valence electrons. The van der Waals surface area contributed by atoms with E-state index in [9.17, 15) is 23.1 Å². The van der Waals surface area contributed by atoms with Gasteiger partial charge in [0.05, 0.1) is 36.5 Å². The van der Waals surface area contributed by atoms with E-state index in [1.165, 1.54) is 6.07 Å². The van der Waals surface area contributed by atoms with Crippen LogP contribution in [-0.2, 0) is 42.1 Å². The Balaban J connectivity index is 1.59. The second kappa shape index (κ2) is 12.0. The van der Waals surface area contributed by atoms with Gasteiger partial charge in [-0.1, -0.05) is 55.8 Å². The van der Waals surface area contributed by atoms with Crippen LogP contribution in [0.4, 0.5) is 4.79 Å². The Morgan fingerprint density at radius 3 is 2.61 bits per heavy atom. The molecule has 2 aliphatic heterocycles. The Hall–Kier alpha value is -3.38. The highest BCUT2D eigenvalue weighted by Gasteiger charge is 2.47. The number of carboxylic acid groups (broad SMARTS) is 1. The number of unbranched alkanes of at least 4 members (excludes halogenated alkanes) is 1. The number of benzene rings is 2. The number of rotatable bonds is 10. The Morgan fingerprint density at radius 1 is 1.18 bits per heavy atom. The van der Waals surface area contributed by atoms with E-state index in [0.29, 0.717) is 42.3 Å². The average molecular weight is 562 g/mol. The van der Waals surface area contributed by atoms with E-state index in [0.717, 1.165) is 24.2 Å². The van der Waals surface area contributed by atoms with Gasteiger partial charge in [-0.05, 0) is 37.0 Å². The number of nitrogens with zero attached hydrogens (tertiary/aromatic N) is 1. The number of nitrogens with one attached hydrogen (secondary N) is 2. The van der Waals surface area contributed by atoms with E-state index in [-0.39, 0.29) is 11.5 Å². The molecule has 2 unspecified atom stereocenters. The van der Waals surface area contributed by atoms with Crippen molar-refractivity contribution in [3.05, 3.63) is 65.7 Å². The van der Waals surface area contributed by atoms with Gasteiger partial charge in [0, 0.05) is 5.56 Å². The van der Waals surface area contributed by atoms with Crippen molar-refractivity contribution in [3.63, 3.8) is 0 Å². The lowest BCUT2D eigenvalue weighted by atomic mass is 9.99. The maximum Gasteiger partial charge on any atom is 0.421 e. The molecule has 10 nitrogen and oxygen atoms in total. The number of ether oxygens (including phenoxy) is 2. The predicted octanol–water partition coefficient (Wildman–Crippen LogP) is 2.40. The minimum atomic E-state index is -4.15. The van der Waals surface area contributed by atoms with Crippen LogP contribution in [0.25, 0.3) is 11.1 Å². The number of carbonyl (C=O) groups is 2. The molecule has 2 atom stereocenters. The molecule has 38 heavy (non-hydrogen) atoms. The van der Waals surface area contributed by atoms with Crippen molar-refractivity contribution in [3.8, 4) is 11.1 Å². The molecule has 0 spiro atoms. The molecular formula is C26H31N3O7S2. The summed E-state index contributed by atoms with van der Waals surface area (Å²) in [5.41, 5.74) is 2.63. The van der Waals surface area contributed by atoms with Gasteiger partial charge >= 0.3 is 6.09 Å². The van der Waals surface area contributed by atoms with Gasteiger partial charge in [0.2, 0.25) is 11.3 Å². The summed E-state index contributed by atoms with van der Waals surface area (Å²) in [5, 5.41) is 11.9. The molecule has 1 amide bonds. The molecule has 0 saturated heterocycles. The second-order valence-corrected chi connectivity index (χ2v) is 12.2. The van der Waals surface area contributed by atoms with Crippen LogP contribution in [0.3, 0.4) is 0 Å². The van der Waals surface area contributed by atoms with Gasteiger partial charge in [-0.2, -0.15) is 4.31 Å². The fourth-order valence-corrected chi connectivity index (χ4v) is 7.60. The van der Waals surface area contributed by atoms with Crippen LogP contribution in [0.5, 0.6) is 0 Å². The van der Waals surface area contributed by atoms with Crippen molar-refractivity contribution in [1.82, 2.24) is 13.7 Å². The van der Waals surface area contributed by atoms with Gasteiger partial charge in [-0.3, -0.25) is 0 Å². The van der Waals surface area contributed by atoms with E-state index in [1.807, 2.05) is 29.0 Å². The lowest BCUT2D eigenvalue weighted by Gasteiger charge is -2.27. The van der Waals surface area contributed by atoms with E-state index >= 15 is 0 Å². The van der Waals surface area contributed by atoms with Gasteiger partial charge < -0.3 is 19.4 Å². The highest BCUT2D eigenvalue weighted by molar-refractivity contribution is 7.93. The maximum atomic E-state index is 12.9. The maximum absolute atomic E-state index is 12.9. The fourth-order valence-electron chi connectivity index (χ4n) is 4.35. The highest BCUT2D eigenvalue weighted by atomic mass is 32.2. The quantitative estimate of drug-likeness (QED) is 0.419. The second-order valence-electron chi connectivity index (χ2n) is 8.80. The zero-order valence-corrected chi connectivity index (χ0v) is 22.9. The normalized spacial score (nSPS) is 18.8. The minimum absolute atomic E-state index is 0.0448. The molecule has 2 aromatic rings. The lowest BCUT2D eigenvalue weighted by molar-refractivity contribution is -0.311. The Labute approximate surface area is 225 Å². The first-order chi connectivity index (χ1) is 18.2. The zero-order chi connectivity index (χ0) is 27.3. The number of hydrogen-bond donors (Lipinski definition) is 2. The topological polar surface area (TPSA) is 137 Å². The van der Waals surface area contributed by atoms with Gasteiger partial charge in [-0.15, -0.1) is 4.72 Å². The third-order valence-electron chi connectivity index (χ3n) is 6.20. The average Bonchev–Trinajstić information content (AvgIpc) is 3.24. The van der Waals surface area contributed by atoms with Crippen LogP contribution >= 0.6 is 0 Å². The zero-order valence-electron chi connectivity index (χ0n) is 21.3. The molecule has 2 heterocycles. The largest absolute Gasteiger partial charge is 0.549 e. The number of sulfonamides is 1. The Bertz CT molecular complexity index is 1310. The molecule has 2 N–H and O–H groups in total. The van der Waals surface area contributed by atoms with Crippen molar-refractivity contribution in [1.29, 1.82) is 0 Å². The van der Waals surface area contributed by atoms with Gasteiger partial charge in [0.1, 0.15) is 5.70 Å². The summed E-state index contributed by atoms with van der Waals surface area (Å²) in [4.78, 5) is 23.6. The summed E-state index contributed by atoms with van der Waals surface area (Å²) in [6, 6.07) is 13.8. The molecule has 2 aromatic carbocycles. The summed E-state index contributed by atoms with van der Waals surface area (Å²) in [5.74, 6) is -0.481. The van der Waals surface area contributed by atoms with E-state index < -0.39 is 39.3 Å². The number of aliphatic carboxylic acids is 1. The highest BCUT2D eigenvalue weighted by Crippen LogP contribution is 2.37. The summed E-state index contributed by atoms with van der Waals surface area (Å²) >= 11 is -0.425. The molecule has 0 saturated carbocycles. The molecule has 4 rings (SSSR count). The number of hydrogen-bond acceptors (Lipinski definition) is 9. The predicted molar refractivity (Wildman–Crippen MR) is 141 cm³/mol. The first-order valence-electron chi connectivity index (χ1n) is 12.5. The molecule has 0 aliphatic carbocycles. The van der Waals surface area contributed by atoms with E-state index in [2.05, 4.69) is 16.0 Å². The van der Waals surface area contributed by atoms with Crippen molar-refractivity contribution in [2.24, 2.45) is 5.92 Å². The molecule has 0 bridgehead atoms.